The van der Waals surface area contributed by atoms with E-state index in [4.69, 9.17) is 5.73 Å². The Kier molecular flexibility index (Phi) is 1.99. The van der Waals surface area contributed by atoms with Crippen molar-refractivity contribution in [1.29, 1.82) is 0 Å². The Balaban J connectivity index is 1.60. The third-order valence-corrected chi connectivity index (χ3v) is 5.50. The van der Waals surface area contributed by atoms with Gasteiger partial charge in [0.25, 0.3) is 0 Å². The maximum absolute atomic E-state index is 5.59. The van der Waals surface area contributed by atoms with Crippen molar-refractivity contribution in [2.24, 2.45) is 17.8 Å². The zero-order valence-corrected chi connectivity index (χ0v) is 10.7. The average molecular weight is 250 g/mol. The van der Waals surface area contributed by atoms with Crippen LogP contribution in [-0.4, -0.2) is 14.9 Å². The molecule has 0 spiro atoms. The Hall–Kier alpha value is -0.840. The minimum atomic E-state index is 0.320. The van der Waals surface area contributed by atoms with Crippen molar-refractivity contribution in [2.75, 3.05) is 11.1 Å². The highest BCUT2D eigenvalue weighted by atomic mass is 32.1. The highest BCUT2D eigenvalue weighted by Crippen LogP contribution is 2.56. The van der Waals surface area contributed by atoms with Crippen LogP contribution in [0.3, 0.4) is 0 Å². The van der Waals surface area contributed by atoms with Crippen LogP contribution in [0, 0.1) is 17.8 Å². The highest BCUT2D eigenvalue weighted by Gasteiger charge is 2.51. The first-order valence-electron chi connectivity index (χ1n) is 6.58. The van der Waals surface area contributed by atoms with E-state index < -0.39 is 0 Å². The van der Waals surface area contributed by atoms with Crippen molar-refractivity contribution < 1.29 is 0 Å². The van der Waals surface area contributed by atoms with Gasteiger partial charge in [0.05, 0.1) is 0 Å². The van der Waals surface area contributed by atoms with Crippen molar-refractivity contribution in [3.05, 3.63) is 0 Å². The molecule has 17 heavy (non-hydrogen) atoms. The fourth-order valence-electron chi connectivity index (χ4n) is 4.78. The molecule has 0 amide bonds. The van der Waals surface area contributed by atoms with Gasteiger partial charge in [0.2, 0.25) is 11.1 Å². The quantitative estimate of drug-likeness (QED) is 0.846. The van der Waals surface area contributed by atoms with Crippen LogP contribution in [0.4, 0.5) is 11.1 Å². The van der Waals surface area contributed by atoms with Gasteiger partial charge in [-0.15, -0.1) is 0 Å². The molecule has 0 aliphatic heterocycles. The second-order valence-corrected chi connectivity index (χ2v) is 7.03. The highest BCUT2D eigenvalue weighted by molar-refractivity contribution is 7.09. The smallest absolute Gasteiger partial charge is 0.233 e. The standard InChI is InChI=1S/C12H18N4S/c13-10-14-11(17-16-10)15-12-4-7-1-8(5-12)3-9(2-7)6-12/h7-9H,1-6H2,(H3,13,14,15,16). The molecule has 1 heterocycles. The summed E-state index contributed by atoms with van der Waals surface area (Å²) >= 11 is 1.40. The molecular weight excluding hydrogens is 232 g/mol. The predicted octanol–water partition coefficient (Wildman–Crippen LogP) is 2.50. The first-order chi connectivity index (χ1) is 8.21. The number of anilines is 2. The molecule has 5 heteroatoms. The first-order valence-corrected chi connectivity index (χ1v) is 7.35. The van der Waals surface area contributed by atoms with Gasteiger partial charge in [-0.3, -0.25) is 0 Å². The third kappa shape index (κ3) is 1.63. The van der Waals surface area contributed by atoms with Crippen LogP contribution in [0.2, 0.25) is 0 Å². The number of hydrogen-bond donors (Lipinski definition) is 2. The summed E-state index contributed by atoms with van der Waals surface area (Å²) in [6.07, 6.45) is 8.41. The molecule has 0 atom stereocenters. The normalized spacial score (nSPS) is 42.9. The Morgan fingerprint density at radius 3 is 2.18 bits per heavy atom. The molecule has 5 rings (SSSR count). The van der Waals surface area contributed by atoms with Gasteiger partial charge >= 0.3 is 0 Å². The molecule has 4 aliphatic carbocycles. The maximum atomic E-state index is 5.59. The van der Waals surface area contributed by atoms with E-state index in [1.165, 1.54) is 50.1 Å². The number of nitrogens with one attached hydrogen (secondary N) is 1. The summed E-state index contributed by atoms with van der Waals surface area (Å²) in [5.41, 5.74) is 5.91. The van der Waals surface area contributed by atoms with Gasteiger partial charge in [0.1, 0.15) is 0 Å². The van der Waals surface area contributed by atoms with E-state index in [1.807, 2.05) is 0 Å². The monoisotopic (exact) mass is 250 g/mol. The summed E-state index contributed by atoms with van der Waals surface area (Å²) in [7, 11) is 0. The Labute approximate surface area is 105 Å². The molecule has 4 nitrogen and oxygen atoms in total. The molecule has 0 saturated heterocycles. The van der Waals surface area contributed by atoms with Crippen molar-refractivity contribution in [3.8, 4) is 0 Å². The van der Waals surface area contributed by atoms with Crippen molar-refractivity contribution in [3.63, 3.8) is 0 Å². The van der Waals surface area contributed by atoms with Gasteiger partial charge in [0, 0.05) is 17.1 Å². The van der Waals surface area contributed by atoms with Crippen LogP contribution in [0.15, 0.2) is 0 Å². The van der Waals surface area contributed by atoms with Gasteiger partial charge < -0.3 is 11.1 Å². The summed E-state index contributed by atoms with van der Waals surface area (Å²) < 4.78 is 4.06. The van der Waals surface area contributed by atoms with Crippen LogP contribution in [0.1, 0.15) is 38.5 Å². The first kappa shape index (κ1) is 10.1. The molecule has 3 N–H and O–H groups in total. The van der Waals surface area contributed by atoms with Crippen LogP contribution in [0.25, 0.3) is 0 Å². The lowest BCUT2D eigenvalue weighted by Crippen LogP contribution is -2.54. The lowest BCUT2D eigenvalue weighted by molar-refractivity contribution is 0.0107. The molecule has 4 saturated carbocycles. The zero-order valence-electron chi connectivity index (χ0n) is 9.85. The molecule has 4 fully saturated rings. The Bertz CT molecular complexity index is 406. The minimum absolute atomic E-state index is 0.320. The Morgan fingerprint density at radius 1 is 1.12 bits per heavy atom. The van der Waals surface area contributed by atoms with Gasteiger partial charge in [-0.2, -0.15) is 9.36 Å². The van der Waals surface area contributed by atoms with Crippen LogP contribution in [0.5, 0.6) is 0 Å². The topological polar surface area (TPSA) is 63.8 Å². The summed E-state index contributed by atoms with van der Waals surface area (Å²) in [5, 5.41) is 4.59. The van der Waals surface area contributed by atoms with Crippen LogP contribution in [-0.2, 0) is 0 Å². The molecule has 1 aromatic heterocycles. The van der Waals surface area contributed by atoms with E-state index in [1.54, 1.807) is 0 Å². The van der Waals surface area contributed by atoms with Crippen LogP contribution < -0.4 is 11.1 Å². The number of rotatable bonds is 2. The number of aromatic nitrogens is 2. The second kappa shape index (κ2) is 3.34. The average Bonchev–Trinajstić information content (AvgIpc) is 2.60. The SMILES string of the molecule is Nc1nsc(NC23CC4CC(CC(C4)C2)C3)n1. The van der Waals surface area contributed by atoms with E-state index in [0.717, 1.165) is 22.9 Å². The summed E-state index contributed by atoms with van der Waals surface area (Å²) in [5.74, 6) is 3.28. The van der Waals surface area contributed by atoms with E-state index in [0.29, 0.717) is 11.5 Å². The van der Waals surface area contributed by atoms with Gasteiger partial charge in [-0.25, -0.2) is 0 Å². The van der Waals surface area contributed by atoms with E-state index in [-0.39, 0.29) is 0 Å². The Morgan fingerprint density at radius 2 is 1.71 bits per heavy atom. The van der Waals surface area contributed by atoms with E-state index in [2.05, 4.69) is 14.7 Å². The maximum Gasteiger partial charge on any atom is 0.233 e. The largest absolute Gasteiger partial charge is 0.367 e. The van der Waals surface area contributed by atoms with E-state index >= 15 is 0 Å². The second-order valence-electron chi connectivity index (χ2n) is 6.28. The fourth-order valence-corrected chi connectivity index (χ4v) is 5.39. The van der Waals surface area contributed by atoms with Gasteiger partial charge in [-0.1, -0.05) is 0 Å². The van der Waals surface area contributed by atoms with Gasteiger partial charge in [-0.05, 0) is 56.3 Å². The molecule has 1 aromatic rings. The van der Waals surface area contributed by atoms with Gasteiger partial charge in [0.15, 0.2) is 0 Å². The molecule has 0 radical (unpaired) electrons. The summed E-state index contributed by atoms with van der Waals surface area (Å²) in [4.78, 5) is 4.26. The summed E-state index contributed by atoms with van der Waals surface area (Å²) in [6.45, 7) is 0. The number of nitrogen functional groups attached to an aromatic ring is 1. The molecule has 4 aliphatic rings. The lowest BCUT2D eigenvalue weighted by atomic mass is 9.53. The fraction of sp³-hybridized carbons (Fsp3) is 0.833. The lowest BCUT2D eigenvalue weighted by Gasteiger charge is -2.56. The van der Waals surface area contributed by atoms with Crippen molar-refractivity contribution in [1.82, 2.24) is 9.36 Å². The molecular formula is C12H18N4S. The molecule has 4 bridgehead atoms. The minimum Gasteiger partial charge on any atom is -0.367 e. The molecule has 92 valence electrons. The molecule has 0 aromatic carbocycles. The van der Waals surface area contributed by atoms with Crippen molar-refractivity contribution in [2.45, 2.75) is 44.1 Å². The zero-order chi connectivity index (χ0) is 11.5. The van der Waals surface area contributed by atoms with E-state index in [9.17, 15) is 0 Å². The number of nitrogens with zero attached hydrogens (tertiary/aromatic N) is 2. The predicted molar refractivity (Wildman–Crippen MR) is 68.8 cm³/mol. The van der Waals surface area contributed by atoms with Crippen LogP contribution >= 0.6 is 11.5 Å². The summed E-state index contributed by atoms with van der Waals surface area (Å²) in [6, 6.07) is 0. The number of hydrogen-bond acceptors (Lipinski definition) is 5. The molecule has 0 unspecified atom stereocenters. The van der Waals surface area contributed by atoms with Crippen molar-refractivity contribution >= 4 is 22.6 Å². The number of nitrogens with two attached hydrogens (primary N) is 1. The third-order valence-electron chi connectivity index (χ3n) is 4.85.